The number of hydrogen-bond acceptors (Lipinski definition) is 5. The molecule has 0 aromatic carbocycles. The number of likely N-dealkylation sites (tertiary alicyclic amines) is 1. The summed E-state index contributed by atoms with van der Waals surface area (Å²) in [7, 11) is 0. The molecule has 1 aliphatic heterocycles. The molecule has 0 radical (unpaired) electrons. The molecule has 124 valence electrons. The van der Waals surface area contributed by atoms with E-state index in [1.165, 1.54) is 6.07 Å². The van der Waals surface area contributed by atoms with Crippen LogP contribution in [-0.2, 0) is 13.1 Å². The third-order valence-corrected chi connectivity index (χ3v) is 4.49. The van der Waals surface area contributed by atoms with Crippen LogP contribution in [0.4, 0.5) is 0 Å². The number of aromatic nitrogens is 1. The van der Waals surface area contributed by atoms with Crippen LogP contribution in [0, 0.1) is 6.92 Å². The highest BCUT2D eigenvalue weighted by Gasteiger charge is 2.24. The second kappa shape index (κ2) is 7.76. The summed E-state index contributed by atoms with van der Waals surface area (Å²) in [6, 6.07) is 1.67. The van der Waals surface area contributed by atoms with Crippen molar-refractivity contribution in [1.82, 2.24) is 9.47 Å². The zero-order valence-corrected chi connectivity index (χ0v) is 13.2. The van der Waals surface area contributed by atoms with Gasteiger partial charge in [0.15, 0.2) is 5.75 Å². The minimum atomic E-state index is -0.377. The van der Waals surface area contributed by atoms with E-state index in [4.69, 9.17) is 0 Å². The maximum absolute atomic E-state index is 11.9. The lowest BCUT2D eigenvalue weighted by molar-refractivity contribution is 0.108. The summed E-state index contributed by atoms with van der Waals surface area (Å²) in [6.07, 6.45) is 3.96. The fourth-order valence-corrected chi connectivity index (χ4v) is 3.33. The number of hydrogen-bond donors (Lipinski definition) is 3. The number of piperidine rings is 1. The highest BCUT2D eigenvalue weighted by atomic mass is 16.3. The lowest BCUT2D eigenvalue weighted by Crippen LogP contribution is -2.40. The van der Waals surface area contributed by atoms with Gasteiger partial charge in [-0.25, -0.2) is 0 Å². The van der Waals surface area contributed by atoms with E-state index in [1.54, 1.807) is 11.5 Å². The predicted octanol–water partition coefficient (Wildman–Crippen LogP) is 0.592. The van der Waals surface area contributed by atoms with Gasteiger partial charge in [0.25, 0.3) is 0 Å². The zero-order valence-electron chi connectivity index (χ0n) is 13.2. The Hall–Kier alpha value is -1.37. The number of rotatable bonds is 6. The Morgan fingerprint density at radius 1 is 1.27 bits per heavy atom. The van der Waals surface area contributed by atoms with Gasteiger partial charge >= 0.3 is 0 Å². The SMILES string of the molecule is Cc1cc(=O)c(O)c(CN2CCCCC2CCO)n1CCO. The van der Waals surface area contributed by atoms with Crippen LogP contribution in [0.25, 0.3) is 0 Å². The van der Waals surface area contributed by atoms with Gasteiger partial charge in [-0.15, -0.1) is 0 Å². The predicted molar refractivity (Wildman–Crippen MR) is 83.9 cm³/mol. The van der Waals surface area contributed by atoms with Crippen LogP contribution in [0.5, 0.6) is 5.75 Å². The number of aliphatic hydroxyl groups excluding tert-OH is 2. The summed E-state index contributed by atoms with van der Waals surface area (Å²) in [4.78, 5) is 14.1. The minimum absolute atomic E-state index is 0.0454. The number of aromatic hydroxyl groups is 1. The lowest BCUT2D eigenvalue weighted by Gasteiger charge is -2.36. The molecule has 0 aliphatic carbocycles. The van der Waals surface area contributed by atoms with Crippen LogP contribution in [0.2, 0.25) is 0 Å². The zero-order chi connectivity index (χ0) is 16.1. The molecule has 1 aromatic rings. The van der Waals surface area contributed by atoms with Crippen molar-refractivity contribution in [2.45, 2.75) is 51.7 Å². The van der Waals surface area contributed by atoms with Crippen molar-refractivity contribution in [2.24, 2.45) is 0 Å². The summed E-state index contributed by atoms with van der Waals surface area (Å²) in [5.74, 6) is -0.229. The van der Waals surface area contributed by atoms with E-state index in [2.05, 4.69) is 4.90 Å². The first-order valence-corrected chi connectivity index (χ1v) is 7.96. The van der Waals surface area contributed by atoms with Crippen LogP contribution in [-0.4, -0.2) is 50.6 Å². The van der Waals surface area contributed by atoms with E-state index < -0.39 is 0 Å². The molecule has 2 heterocycles. The van der Waals surface area contributed by atoms with Gasteiger partial charge in [0.1, 0.15) is 0 Å². The van der Waals surface area contributed by atoms with Crippen molar-refractivity contribution < 1.29 is 15.3 Å². The molecule has 1 aromatic heterocycles. The van der Waals surface area contributed by atoms with Crippen molar-refractivity contribution in [3.63, 3.8) is 0 Å². The quantitative estimate of drug-likeness (QED) is 0.716. The van der Waals surface area contributed by atoms with Gasteiger partial charge in [0.05, 0.1) is 12.3 Å². The summed E-state index contributed by atoms with van der Waals surface area (Å²) < 4.78 is 1.81. The van der Waals surface area contributed by atoms with Crippen LogP contribution in [0.15, 0.2) is 10.9 Å². The highest BCUT2D eigenvalue weighted by Crippen LogP contribution is 2.24. The molecule has 6 heteroatoms. The second-order valence-corrected chi connectivity index (χ2v) is 5.95. The lowest BCUT2D eigenvalue weighted by atomic mass is 9.99. The molecule has 6 nitrogen and oxygen atoms in total. The van der Waals surface area contributed by atoms with Gasteiger partial charge in [0.2, 0.25) is 5.43 Å². The average molecular weight is 310 g/mol. The Bertz CT molecular complexity index is 554. The van der Waals surface area contributed by atoms with Gasteiger partial charge < -0.3 is 19.9 Å². The van der Waals surface area contributed by atoms with E-state index in [0.29, 0.717) is 25.2 Å². The molecular formula is C16H26N2O4. The minimum Gasteiger partial charge on any atom is -0.503 e. The molecule has 0 spiro atoms. The topological polar surface area (TPSA) is 85.9 Å². The normalized spacial score (nSPS) is 19.5. The maximum Gasteiger partial charge on any atom is 0.223 e. The number of aliphatic hydroxyl groups is 2. The number of aryl methyl sites for hydroxylation is 1. The molecule has 1 unspecified atom stereocenters. The monoisotopic (exact) mass is 310 g/mol. The summed E-state index contributed by atoms with van der Waals surface area (Å²) >= 11 is 0. The molecule has 1 saturated heterocycles. The summed E-state index contributed by atoms with van der Waals surface area (Å²) in [5.41, 5.74) is 0.920. The summed E-state index contributed by atoms with van der Waals surface area (Å²) in [5, 5.41) is 28.6. The van der Waals surface area contributed by atoms with E-state index in [-0.39, 0.29) is 30.4 Å². The van der Waals surface area contributed by atoms with E-state index in [1.807, 2.05) is 0 Å². The van der Waals surface area contributed by atoms with Crippen LogP contribution in [0.3, 0.4) is 0 Å². The molecular weight excluding hydrogens is 284 g/mol. The van der Waals surface area contributed by atoms with Crippen LogP contribution < -0.4 is 5.43 Å². The molecule has 0 bridgehead atoms. The molecule has 1 atom stereocenters. The van der Waals surface area contributed by atoms with Crippen LogP contribution >= 0.6 is 0 Å². The maximum atomic E-state index is 11.9. The molecule has 3 N–H and O–H groups in total. The first-order chi connectivity index (χ1) is 10.6. The second-order valence-electron chi connectivity index (χ2n) is 5.95. The Morgan fingerprint density at radius 2 is 2.05 bits per heavy atom. The van der Waals surface area contributed by atoms with Gasteiger partial charge in [0, 0.05) is 37.5 Å². The third-order valence-electron chi connectivity index (χ3n) is 4.49. The van der Waals surface area contributed by atoms with Crippen molar-refractivity contribution in [2.75, 3.05) is 19.8 Å². The molecule has 22 heavy (non-hydrogen) atoms. The van der Waals surface area contributed by atoms with E-state index in [0.717, 1.165) is 31.5 Å². The first kappa shape index (κ1) is 17.0. The van der Waals surface area contributed by atoms with Gasteiger partial charge in [-0.05, 0) is 32.7 Å². The fourth-order valence-electron chi connectivity index (χ4n) is 3.33. The van der Waals surface area contributed by atoms with Gasteiger partial charge in [-0.1, -0.05) is 6.42 Å². The number of pyridine rings is 1. The van der Waals surface area contributed by atoms with Crippen molar-refractivity contribution in [1.29, 1.82) is 0 Å². The molecule has 0 saturated carbocycles. The van der Waals surface area contributed by atoms with Crippen molar-refractivity contribution in [3.8, 4) is 5.75 Å². The fraction of sp³-hybridized carbons (Fsp3) is 0.688. The molecule has 1 fully saturated rings. The molecule has 2 rings (SSSR count). The Kier molecular flexibility index (Phi) is 5.99. The Morgan fingerprint density at radius 3 is 2.73 bits per heavy atom. The first-order valence-electron chi connectivity index (χ1n) is 7.96. The van der Waals surface area contributed by atoms with Gasteiger partial charge in [-0.3, -0.25) is 9.69 Å². The standard InChI is InChI=1S/C16H26N2O4/c1-12-10-15(21)16(22)14(18(12)7-9-20)11-17-6-3-2-4-13(17)5-8-19/h10,13,19-20,22H,2-9,11H2,1H3. The average Bonchev–Trinajstić information content (AvgIpc) is 2.50. The summed E-state index contributed by atoms with van der Waals surface area (Å²) in [6.45, 7) is 3.62. The number of nitrogens with zero attached hydrogens (tertiary/aromatic N) is 2. The molecule has 0 amide bonds. The van der Waals surface area contributed by atoms with E-state index >= 15 is 0 Å². The smallest absolute Gasteiger partial charge is 0.223 e. The van der Waals surface area contributed by atoms with E-state index in [9.17, 15) is 20.1 Å². The Labute approximate surface area is 130 Å². The molecule has 1 aliphatic rings. The Balaban J connectivity index is 2.32. The van der Waals surface area contributed by atoms with Crippen LogP contribution in [0.1, 0.15) is 37.1 Å². The van der Waals surface area contributed by atoms with Gasteiger partial charge in [-0.2, -0.15) is 0 Å². The van der Waals surface area contributed by atoms with Crippen molar-refractivity contribution >= 4 is 0 Å². The highest BCUT2D eigenvalue weighted by molar-refractivity contribution is 5.30. The van der Waals surface area contributed by atoms with Crippen molar-refractivity contribution in [3.05, 3.63) is 27.7 Å². The largest absolute Gasteiger partial charge is 0.503 e. The third kappa shape index (κ3) is 3.69.